The average molecular weight is 298 g/mol. The fourth-order valence-corrected chi connectivity index (χ4v) is 2.47. The maximum atomic E-state index is 11.8. The molecule has 0 spiro atoms. The minimum Gasteiger partial charge on any atom is -0.377 e. The molecule has 114 valence electrons. The number of aromatic nitrogens is 2. The molecular weight excluding hydrogens is 280 g/mol. The number of nitrogens with one attached hydrogen (secondary N) is 1. The van der Waals surface area contributed by atoms with Gasteiger partial charge in [0.05, 0.1) is 13.2 Å². The van der Waals surface area contributed by atoms with Crippen LogP contribution in [0.25, 0.3) is 0 Å². The lowest BCUT2D eigenvalue weighted by Crippen LogP contribution is -2.43. The molecule has 0 aliphatic carbocycles. The summed E-state index contributed by atoms with van der Waals surface area (Å²) in [5.74, 6) is 1.31. The number of morpholine rings is 1. The summed E-state index contributed by atoms with van der Waals surface area (Å²) in [5.41, 5.74) is 0.954. The highest BCUT2D eigenvalue weighted by atomic mass is 16.5. The highest BCUT2D eigenvalue weighted by molar-refractivity contribution is 5.73. The van der Waals surface area contributed by atoms with Crippen molar-refractivity contribution < 1.29 is 9.53 Å². The Labute approximate surface area is 129 Å². The van der Waals surface area contributed by atoms with Gasteiger partial charge in [0.15, 0.2) is 5.82 Å². The van der Waals surface area contributed by atoms with E-state index in [-0.39, 0.29) is 11.9 Å². The van der Waals surface area contributed by atoms with Crippen LogP contribution in [0.3, 0.4) is 0 Å². The average Bonchev–Trinajstić information content (AvgIpc) is 2.56. The lowest BCUT2D eigenvalue weighted by Gasteiger charge is -2.33. The summed E-state index contributed by atoms with van der Waals surface area (Å²) in [6.45, 7) is 3.11. The highest BCUT2D eigenvalue weighted by Crippen LogP contribution is 2.23. The number of hydrogen-bond acceptors (Lipinski definition) is 5. The van der Waals surface area contributed by atoms with Crippen molar-refractivity contribution in [2.45, 2.75) is 13.0 Å². The third-order valence-electron chi connectivity index (χ3n) is 3.55. The number of nitrogens with zero attached hydrogens (tertiary/aromatic N) is 3. The van der Waals surface area contributed by atoms with E-state index in [1.165, 1.54) is 0 Å². The van der Waals surface area contributed by atoms with Crippen LogP contribution in [0, 0.1) is 0 Å². The number of amides is 1. The smallest absolute Gasteiger partial charge is 0.220 e. The third kappa shape index (κ3) is 3.23. The predicted octanol–water partition coefficient (Wildman–Crippen LogP) is 2.14. The van der Waals surface area contributed by atoms with Crippen molar-refractivity contribution in [3.8, 4) is 0 Å². The molecule has 1 aliphatic heterocycles. The van der Waals surface area contributed by atoms with E-state index < -0.39 is 0 Å². The first kappa shape index (κ1) is 14.5. The standard InChI is InChI=1S/C16H18N4O2/c1-12(21)20-9-10-22-11-14(20)16-17-8-7-15(19-16)18-13-5-3-2-4-6-13/h2-8,14H,9-11H2,1H3,(H,17,18,19). The maximum absolute atomic E-state index is 11.8. The number of rotatable bonds is 3. The molecular formula is C16H18N4O2. The summed E-state index contributed by atoms with van der Waals surface area (Å²) in [5, 5.41) is 3.23. The zero-order valence-corrected chi connectivity index (χ0v) is 12.4. The van der Waals surface area contributed by atoms with E-state index in [0.717, 1.165) is 5.69 Å². The van der Waals surface area contributed by atoms with Gasteiger partial charge in [-0.1, -0.05) is 18.2 Å². The molecule has 1 amide bonds. The molecule has 1 fully saturated rings. The molecule has 6 heteroatoms. The molecule has 1 atom stereocenters. The Morgan fingerprint density at radius 2 is 2.14 bits per heavy atom. The molecule has 3 rings (SSSR count). The second-order valence-electron chi connectivity index (χ2n) is 5.09. The Bertz CT molecular complexity index is 648. The van der Waals surface area contributed by atoms with E-state index in [1.54, 1.807) is 24.1 Å². The molecule has 1 saturated heterocycles. The third-order valence-corrected chi connectivity index (χ3v) is 3.55. The molecule has 1 unspecified atom stereocenters. The number of anilines is 2. The lowest BCUT2D eigenvalue weighted by molar-refractivity contribution is -0.138. The highest BCUT2D eigenvalue weighted by Gasteiger charge is 2.28. The Kier molecular flexibility index (Phi) is 4.29. The molecule has 2 heterocycles. The van der Waals surface area contributed by atoms with Gasteiger partial charge in [-0.25, -0.2) is 9.97 Å². The molecule has 0 saturated carbocycles. The van der Waals surface area contributed by atoms with Gasteiger partial charge >= 0.3 is 0 Å². The van der Waals surface area contributed by atoms with Gasteiger partial charge in [0.1, 0.15) is 11.9 Å². The van der Waals surface area contributed by atoms with E-state index in [0.29, 0.717) is 31.4 Å². The van der Waals surface area contributed by atoms with Gasteiger partial charge < -0.3 is 15.0 Å². The largest absolute Gasteiger partial charge is 0.377 e. The molecule has 1 N–H and O–H groups in total. The summed E-state index contributed by atoms with van der Waals surface area (Å²) < 4.78 is 5.48. The van der Waals surface area contributed by atoms with Crippen LogP contribution in [-0.4, -0.2) is 40.5 Å². The first-order valence-corrected chi connectivity index (χ1v) is 7.24. The van der Waals surface area contributed by atoms with Crippen molar-refractivity contribution in [3.63, 3.8) is 0 Å². The van der Waals surface area contributed by atoms with Crippen molar-refractivity contribution >= 4 is 17.4 Å². The quantitative estimate of drug-likeness (QED) is 0.940. The van der Waals surface area contributed by atoms with E-state index >= 15 is 0 Å². The number of carbonyl (C=O) groups excluding carboxylic acids is 1. The first-order chi connectivity index (χ1) is 10.7. The second-order valence-corrected chi connectivity index (χ2v) is 5.09. The van der Waals surface area contributed by atoms with Gasteiger partial charge in [-0.3, -0.25) is 4.79 Å². The van der Waals surface area contributed by atoms with Gasteiger partial charge in [-0.05, 0) is 18.2 Å². The summed E-state index contributed by atoms with van der Waals surface area (Å²) in [4.78, 5) is 22.4. The van der Waals surface area contributed by atoms with Crippen molar-refractivity contribution in [1.82, 2.24) is 14.9 Å². The van der Waals surface area contributed by atoms with Crippen LogP contribution < -0.4 is 5.32 Å². The summed E-state index contributed by atoms with van der Waals surface area (Å²) in [6.07, 6.45) is 1.69. The fraction of sp³-hybridized carbons (Fsp3) is 0.312. The predicted molar refractivity (Wildman–Crippen MR) is 82.7 cm³/mol. The van der Waals surface area contributed by atoms with Gasteiger partial charge in [0.2, 0.25) is 5.91 Å². The number of carbonyl (C=O) groups is 1. The number of hydrogen-bond donors (Lipinski definition) is 1. The first-order valence-electron chi connectivity index (χ1n) is 7.24. The van der Waals surface area contributed by atoms with E-state index in [2.05, 4.69) is 15.3 Å². The van der Waals surface area contributed by atoms with Crippen LogP contribution in [0.15, 0.2) is 42.6 Å². The Morgan fingerprint density at radius 1 is 1.32 bits per heavy atom. The Balaban J connectivity index is 1.82. The van der Waals surface area contributed by atoms with Crippen molar-refractivity contribution in [2.75, 3.05) is 25.1 Å². The Hall–Kier alpha value is -2.47. The van der Waals surface area contributed by atoms with Crippen LogP contribution in [0.2, 0.25) is 0 Å². The second kappa shape index (κ2) is 6.53. The molecule has 1 aromatic heterocycles. The molecule has 22 heavy (non-hydrogen) atoms. The number of benzene rings is 1. The molecule has 0 bridgehead atoms. The molecule has 2 aromatic rings. The van der Waals surface area contributed by atoms with Gasteiger partial charge in [-0.2, -0.15) is 0 Å². The monoisotopic (exact) mass is 298 g/mol. The van der Waals surface area contributed by atoms with E-state index in [1.807, 2.05) is 30.3 Å². The van der Waals surface area contributed by atoms with Gasteiger partial charge in [0.25, 0.3) is 0 Å². The normalized spacial score (nSPS) is 18.0. The van der Waals surface area contributed by atoms with Crippen LogP contribution in [0.4, 0.5) is 11.5 Å². The minimum absolute atomic E-state index is 0.0123. The zero-order valence-electron chi connectivity index (χ0n) is 12.4. The maximum Gasteiger partial charge on any atom is 0.220 e. The summed E-state index contributed by atoms with van der Waals surface area (Å²) in [7, 11) is 0. The Morgan fingerprint density at radius 3 is 2.91 bits per heavy atom. The summed E-state index contributed by atoms with van der Waals surface area (Å²) in [6, 6.07) is 11.4. The van der Waals surface area contributed by atoms with Gasteiger partial charge in [-0.15, -0.1) is 0 Å². The number of para-hydroxylation sites is 1. The zero-order chi connectivity index (χ0) is 15.4. The lowest BCUT2D eigenvalue weighted by atomic mass is 10.2. The number of ether oxygens (including phenoxy) is 1. The van der Waals surface area contributed by atoms with Crippen LogP contribution in [0.5, 0.6) is 0 Å². The van der Waals surface area contributed by atoms with Gasteiger partial charge in [0, 0.05) is 25.4 Å². The van der Waals surface area contributed by atoms with Crippen LogP contribution in [0.1, 0.15) is 18.8 Å². The van der Waals surface area contributed by atoms with Crippen molar-refractivity contribution in [2.24, 2.45) is 0 Å². The van der Waals surface area contributed by atoms with Crippen LogP contribution >= 0.6 is 0 Å². The fourth-order valence-electron chi connectivity index (χ4n) is 2.47. The molecule has 6 nitrogen and oxygen atoms in total. The molecule has 1 aromatic carbocycles. The topological polar surface area (TPSA) is 67.4 Å². The van der Waals surface area contributed by atoms with Crippen LogP contribution in [-0.2, 0) is 9.53 Å². The molecule has 1 aliphatic rings. The van der Waals surface area contributed by atoms with E-state index in [4.69, 9.17) is 4.74 Å². The van der Waals surface area contributed by atoms with Crippen molar-refractivity contribution in [3.05, 3.63) is 48.4 Å². The van der Waals surface area contributed by atoms with Crippen molar-refractivity contribution in [1.29, 1.82) is 0 Å². The molecule has 0 radical (unpaired) electrons. The SMILES string of the molecule is CC(=O)N1CCOCC1c1nccc(Nc2ccccc2)n1. The minimum atomic E-state index is -0.233. The van der Waals surface area contributed by atoms with E-state index in [9.17, 15) is 4.79 Å². The summed E-state index contributed by atoms with van der Waals surface area (Å²) >= 11 is 0.